The summed E-state index contributed by atoms with van der Waals surface area (Å²) < 4.78 is 4.96. The number of rotatable bonds is 5. The van der Waals surface area contributed by atoms with Crippen LogP contribution in [0.3, 0.4) is 0 Å². The molecule has 0 fully saturated rings. The Kier molecular flexibility index (Phi) is 5.31. The molecule has 0 aliphatic carbocycles. The highest BCUT2D eigenvalue weighted by atomic mass is 32.1. The zero-order valence-electron chi connectivity index (χ0n) is 13.9. The lowest BCUT2D eigenvalue weighted by Gasteiger charge is -2.08. The Balaban J connectivity index is 1.96. The van der Waals surface area contributed by atoms with Gasteiger partial charge < -0.3 is 10.1 Å². The van der Waals surface area contributed by atoms with Gasteiger partial charge >= 0.3 is 5.97 Å². The zero-order chi connectivity index (χ0) is 17.8. The summed E-state index contributed by atoms with van der Waals surface area (Å²) in [6.07, 6.45) is 0.288. The molecule has 0 aliphatic heterocycles. The third-order valence-corrected chi connectivity index (χ3v) is 5.60. The van der Waals surface area contributed by atoms with Gasteiger partial charge in [-0.05, 0) is 23.9 Å². The molecule has 0 atom stereocenters. The van der Waals surface area contributed by atoms with Gasteiger partial charge in [0.1, 0.15) is 10.6 Å². The zero-order valence-corrected chi connectivity index (χ0v) is 15.5. The van der Waals surface area contributed by atoms with E-state index in [2.05, 4.69) is 5.32 Å². The average Bonchev–Trinajstić information content (AvgIpc) is 3.22. The minimum atomic E-state index is -0.449. The van der Waals surface area contributed by atoms with Crippen LogP contribution >= 0.6 is 22.7 Å². The number of anilines is 1. The summed E-state index contributed by atoms with van der Waals surface area (Å²) in [5.74, 6) is -0.594. The maximum Gasteiger partial charge on any atom is 0.341 e. The molecule has 0 radical (unpaired) electrons. The van der Waals surface area contributed by atoms with E-state index in [4.69, 9.17) is 4.74 Å². The molecule has 2 heterocycles. The Morgan fingerprint density at radius 1 is 1.12 bits per heavy atom. The number of hydrogen-bond donors (Lipinski definition) is 1. The minimum absolute atomic E-state index is 0.145. The van der Waals surface area contributed by atoms with E-state index < -0.39 is 5.97 Å². The Morgan fingerprint density at radius 3 is 2.52 bits per heavy atom. The lowest BCUT2D eigenvalue weighted by Crippen LogP contribution is -2.15. The van der Waals surface area contributed by atoms with Crippen molar-refractivity contribution in [3.05, 3.63) is 63.2 Å². The molecule has 3 aromatic rings. The van der Waals surface area contributed by atoms with Crippen molar-refractivity contribution in [1.82, 2.24) is 0 Å². The van der Waals surface area contributed by atoms with Crippen LogP contribution in [0.25, 0.3) is 11.1 Å². The molecular formula is C19H17NO3S2. The molecule has 0 unspecified atom stereocenters. The topological polar surface area (TPSA) is 55.4 Å². The Bertz CT molecular complexity index is 883. The summed E-state index contributed by atoms with van der Waals surface area (Å²) in [6.45, 7) is 1.94. The molecule has 0 saturated heterocycles. The van der Waals surface area contributed by atoms with Crippen molar-refractivity contribution in [1.29, 1.82) is 0 Å². The van der Waals surface area contributed by atoms with E-state index in [0.29, 0.717) is 10.6 Å². The fraction of sp³-hybridized carbons (Fsp3) is 0.158. The maximum atomic E-state index is 12.4. The summed E-state index contributed by atoms with van der Waals surface area (Å²) in [5, 5.41) is 5.35. The summed E-state index contributed by atoms with van der Waals surface area (Å²) >= 11 is 2.92. The normalized spacial score (nSPS) is 10.5. The van der Waals surface area contributed by atoms with E-state index in [1.807, 2.05) is 54.8 Å². The Morgan fingerprint density at radius 2 is 1.88 bits per heavy atom. The summed E-state index contributed by atoms with van der Waals surface area (Å²) in [4.78, 5) is 26.7. The van der Waals surface area contributed by atoms with Gasteiger partial charge in [0, 0.05) is 15.3 Å². The highest BCUT2D eigenvalue weighted by Gasteiger charge is 2.25. The second kappa shape index (κ2) is 7.63. The van der Waals surface area contributed by atoms with Crippen LogP contribution in [0.2, 0.25) is 0 Å². The molecule has 0 saturated carbocycles. The number of carbonyl (C=O) groups is 2. The standard InChI is InChI=1S/C19H17NO3S2/c1-12-16(13-7-4-3-5-8-13)17(19(22)23-2)18(25-12)20-15(21)11-14-9-6-10-24-14/h3-10H,11H2,1-2H3,(H,20,21). The predicted octanol–water partition coefficient (Wildman–Crippen LogP) is 4.75. The number of methoxy groups -OCH3 is 1. The van der Waals surface area contributed by atoms with E-state index in [1.54, 1.807) is 0 Å². The van der Waals surface area contributed by atoms with Gasteiger partial charge in [0.05, 0.1) is 13.5 Å². The van der Waals surface area contributed by atoms with Crippen molar-refractivity contribution in [2.75, 3.05) is 12.4 Å². The molecule has 25 heavy (non-hydrogen) atoms. The van der Waals surface area contributed by atoms with Gasteiger partial charge in [0.25, 0.3) is 0 Å². The van der Waals surface area contributed by atoms with E-state index in [0.717, 1.165) is 20.9 Å². The van der Waals surface area contributed by atoms with Crippen LogP contribution in [0.4, 0.5) is 5.00 Å². The molecule has 1 amide bonds. The van der Waals surface area contributed by atoms with Crippen LogP contribution in [0.1, 0.15) is 20.1 Å². The third-order valence-electron chi connectivity index (χ3n) is 3.70. The van der Waals surface area contributed by atoms with Crippen molar-refractivity contribution in [2.45, 2.75) is 13.3 Å². The molecule has 3 rings (SSSR count). The van der Waals surface area contributed by atoms with Gasteiger partial charge in [-0.2, -0.15) is 0 Å². The number of amides is 1. The van der Waals surface area contributed by atoms with Gasteiger partial charge in [-0.3, -0.25) is 4.79 Å². The van der Waals surface area contributed by atoms with Gasteiger partial charge in [-0.15, -0.1) is 22.7 Å². The van der Waals surface area contributed by atoms with Crippen LogP contribution in [-0.4, -0.2) is 19.0 Å². The quantitative estimate of drug-likeness (QED) is 0.658. The lowest BCUT2D eigenvalue weighted by atomic mass is 10.0. The van der Waals surface area contributed by atoms with Crippen LogP contribution in [0.15, 0.2) is 47.8 Å². The monoisotopic (exact) mass is 371 g/mol. The van der Waals surface area contributed by atoms with Crippen molar-refractivity contribution in [3.8, 4) is 11.1 Å². The van der Waals surface area contributed by atoms with Crippen LogP contribution < -0.4 is 5.32 Å². The highest BCUT2D eigenvalue weighted by Crippen LogP contribution is 2.40. The molecule has 1 aromatic carbocycles. The van der Waals surface area contributed by atoms with Crippen molar-refractivity contribution in [2.24, 2.45) is 0 Å². The van der Waals surface area contributed by atoms with Crippen molar-refractivity contribution < 1.29 is 14.3 Å². The van der Waals surface area contributed by atoms with Gasteiger partial charge in [0.2, 0.25) is 5.91 Å². The smallest absolute Gasteiger partial charge is 0.341 e. The maximum absolute atomic E-state index is 12.4. The first-order chi connectivity index (χ1) is 12.1. The number of ether oxygens (including phenoxy) is 1. The van der Waals surface area contributed by atoms with Crippen molar-refractivity contribution >= 4 is 39.6 Å². The first-order valence-corrected chi connectivity index (χ1v) is 9.39. The van der Waals surface area contributed by atoms with Crippen LogP contribution in [0.5, 0.6) is 0 Å². The minimum Gasteiger partial charge on any atom is -0.465 e. The van der Waals surface area contributed by atoms with E-state index >= 15 is 0 Å². The molecule has 0 spiro atoms. The number of aryl methyl sites for hydroxylation is 1. The largest absolute Gasteiger partial charge is 0.465 e. The third kappa shape index (κ3) is 3.81. The molecular weight excluding hydrogens is 354 g/mol. The van der Waals surface area contributed by atoms with Gasteiger partial charge in [-0.25, -0.2) is 4.79 Å². The van der Waals surface area contributed by atoms with Gasteiger partial charge in [-0.1, -0.05) is 36.4 Å². The number of thiophene rings is 2. The Hall–Kier alpha value is -2.44. The highest BCUT2D eigenvalue weighted by molar-refractivity contribution is 7.17. The van der Waals surface area contributed by atoms with E-state index in [9.17, 15) is 9.59 Å². The molecule has 2 aromatic heterocycles. The fourth-order valence-electron chi connectivity index (χ4n) is 2.62. The SMILES string of the molecule is COC(=O)c1c(NC(=O)Cc2cccs2)sc(C)c1-c1ccccc1. The molecule has 6 heteroatoms. The predicted molar refractivity (Wildman–Crippen MR) is 102 cm³/mol. The number of esters is 1. The number of nitrogens with one attached hydrogen (secondary N) is 1. The van der Waals surface area contributed by atoms with Crippen LogP contribution in [0, 0.1) is 6.92 Å². The lowest BCUT2D eigenvalue weighted by molar-refractivity contribution is -0.115. The first-order valence-electron chi connectivity index (χ1n) is 7.69. The summed E-state index contributed by atoms with van der Waals surface area (Å²) in [7, 11) is 1.35. The van der Waals surface area contributed by atoms with Crippen LogP contribution in [-0.2, 0) is 16.0 Å². The molecule has 0 bridgehead atoms. The van der Waals surface area contributed by atoms with E-state index in [-0.39, 0.29) is 12.3 Å². The second-order valence-corrected chi connectivity index (χ2v) is 7.66. The number of hydrogen-bond acceptors (Lipinski definition) is 5. The first kappa shape index (κ1) is 17.4. The van der Waals surface area contributed by atoms with Gasteiger partial charge in [0.15, 0.2) is 0 Å². The number of benzene rings is 1. The second-order valence-electron chi connectivity index (χ2n) is 5.40. The molecule has 1 N–H and O–H groups in total. The van der Waals surface area contributed by atoms with Crippen molar-refractivity contribution in [3.63, 3.8) is 0 Å². The average molecular weight is 371 g/mol. The fourth-order valence-corrected chi connectivity index (χ4v) is 4.41. The number of carbonyl (C=O) groups excluding carboxylic acids is 2. The summed E-state index contributed by atoms with van der Waals surface area (Å²) in [6, 6.07) is 13.5. The Labute approximate surface area is 154 Å². The summed E-state index contributed by atoms with van der Waals surface area (Å²) in [5.41, 5.74) is 2.15. The molecule has 4 nitrogen and oxygen atoms in total. The molecule has 128 valence electrons. The van der Waals surface area contributed by atoms with E-state index in [1.165, 1.54) is 29.8 Å². The molecule has 0 aliphatic rings.